The van der Waals surface area contributed by atoms with Crippen molar-refractivity contribution in [1.29, 1.82) is 0 Å². The Morgan fingerprint density at radius 2 is 2.08 bits per heavy atom. The third-order valence-corrected chi connectivity index (χ3v) is 6.27. The van der Waals surface area contributed by atoms with Gasteiger partial charge in [-0.2, -0.15) is 0 Å². The van der Waals surface area contributed by atoms with E-state index in [-0.39, 0.29) is 29.2 Å². The zero-order valence-electron chi connectivity index (χ0n) is 14.9. The fourth-order valence-corrected chi connectivity index (χ4v) is 4.76. The topological polar surface area (TPSA) is 107 Å². The number of esters is 1. The predicted octanol–water partition coefficient (Wildman–Crippen LogP) is 1.26. The predicted molar refractivity (Wildman–Crippen MR) is 89.9 cm³/mol. The van der Waals surface area contributed by atoms with Gasteiger partial charge in [0, 0.05) is 12.1 Å². The molecular weight excluding hydrogens is 348 g/mol. The number of carbonyl (C=O) groups excluding carboxylic acids is 2. The summed E-state index contributed by atoms with van der Waals surface area (Å²) in [5.74, 6) is -0.697. The number of sulfone groups is 1. The molecule has 2 atom stereocenters. The van der Waals surface area contributed by atoms with Gasteiger partial charge in [-0.25, -0.2) is 13.2 Å². The summed E-state index contributed by atoms with van der Waals surface area (Å²) in [5, 5.41) is 3.68. The van der Waals surface area contributed by atoms with Crippen LogP contribution in [0.5, 0.6) is 0 Å². The summed E-state index contributed by atoms with van der Waals surface area (Å²) in [7, 11) is -3.12. The lowest BCUT2D eigenvalue weighted by Crippen LogP contribution is -2.48. The van der Waals surface area contributed by atoms with Crippen molar-refractivity contribution in [3.05, 3.63) is 17.0 Å². The minimum Gasteiger partial charge on any atom is -0.452 e. The van der Waals surface area contributed by atoms with Crippen LogP contribution >= 0.6 is 0 Å². The highest BCUT2D eigenvalue weighted by Crippen LogP contribution is 2.22. The maximum atomic E-state index is 12.6. The van der Waals surface area contributed by atoms with Crippen LogP contribution in [0.25, 0.3) is 0 Å². The Bertz CT molecular complexity index is 735. The van der Waals surface area contributed by atoms with E-state index in [0.29, 0.717) is 24.3 Å². The van der Waals surface area contributed by atoms with E-state index < -0.39 is 28.3 Å². The molecule has 1 fully saturated rings. The molecule has 0 unspecified atom stereocenters. The Kier molecular flexibility index (Phi) is 5.87. The highest BCUT2D eigenvalue weighted by atomic mass is 32.2. The summed E-state index contributed by atoms with van der Waals surface area (Å²) in [6.45, 7) is 6.55. The van der Waals surface area contributed by atoms with Crippen LogP contribution in [-0.2, 0) is 19.4 Å². The van der Waals surface area contributed by atoms with Crippen molar-refractivity contribution >= 4 is 21.7 Å². The lowest BCUT2D eigenvalue weighted by Gasteiger charge is -2.33. The van der Waals surface area contributed by atoms with Crippen LogP contribution in [0.4, 0.5) is 0 Å². The number of rotatable bonds is 6. The van der Waals surface area contributed by atoms with E-state index in [1.807, 2.05) is 13.8 Å². The molecule has 0 aromatic carbocycles. The molecule has 1 aromatic rings. The largest absolute Gasteiger partial charge is 0.452 e. The van der Waals surface area contributed by atoms with Gasteiger partial charge in [0.25, 0.3) is 5.91 Å². The molecule has 1 aromatic heterocycles. The average Bonchev–Trinajstić information content (AvgIpc) is 3.06. The quantitative estimate of drug-likeness (QED) is 0.692. The Morgan fingerprint density at radius 3 is 2.56 bits per heavy atom. The van der Waals surface area contributed by atoms with E-state index in [2.05, 4.69) is 5.16 Å². The van der Waals surface area contributed by atoms with E-state index in [1.54, 1.807) is 18.7 Å². The maximum Gasteiger partial charge on any atom is 0.344 e. The molecule has 140 valence electrons. The monoisotopic (exact) mass is 372 g/mol. The minimum absolute atomic E-state index is 0.0408. The van der Waals surface area contributed by atoms with E-state index >= 15 is 0 Å². The van der Waals surface area contributed by atoms with Crippen LogP contribution in [0, 0.1) is 13.8 Å². The van der Waals surface area contributed by atoms with Gasteiger partial charge in [0.1, 0.15) is 11.3 Å². The summed E-state index contributed by atoms with van der Waals surface area (Å²) in [5.41, 5.74) is 0.613. The van der Waals surface area contributed by atoms with Crippen molar-refractivity contribution < 1.29 is 27.3 Å². The van der Waals surface area contributed by atoms with Gasteiger partial charge < -0.3 is 14.2 Å². The first-order valence-electron chi connectivity index (χ1n) is 8.27. The van der Waals surface area contributed by atoms with Crippen molar-refractivity contribution in [2.75, 3.05) is 18.1 Å². The van der Waals surface area contributed by atoms with Crippen LogP contribution in [-0.4, -0.2) is 60.5 Å². The van der Waals surface area contributed by atoms with E-state index in [4.69, 9.17) is 9.26 Å². The fourth-order valence-electron chi connectivity index (χ4n) is 3.05. The van der Waals surface area contributed by atoms with E-state index in [0.717, 1.165) is 0 Å². The molecule has 0 N–H and O–H groups in total. The van der Waals surface area contributed by atoms with Gasteiger partial charge in [0.2, 0.25) is 0 Å². The molecule has 9 heteroatoms. The summed E-state index contributed by atoms with van der Waals surface area (Å²) >= 11 is 0. The van der Waals surface area contributed by atoms with Crippen molar-refractivity contribution in [2.45, 2.75) is 52.6 Å². The van der Waals surface area contributed by atoms with Crippen molar-refractivity contribution in [2.24, 2.45) is 0 Å². The van der Waals surface area contributed by atoms with Crippen LogP contribution in [0.3, 0.4) is 0 Å². The smallest absolute Gasteiger partial charge is 0.344 e. The van der Waals surface area contributed by atoms with Gasteiger partial charge in [0.05, 0.1) is 17.2 Å². The normalized spacial score (nSPS) is 20.2. The number of nitrogens with zero attached hydrogens (tertiary/aromatic N) is 2. The van der Waals surface area contributed by atoms with Crippen LogP contribution in [0.1, 0.15) is 48.5 Å². The highest BCUT2D eigenvalue weighted by molar-refractivity contribution is 7.91. The van der Waals surface area contributed by atoms with Crippen LogP contribution in [0.15, 0.2) is 4.52 Å². The van der Waals surface area contributed by atoms with Crippen molar-refractivity contribution in [1.82, 2.24) is 10.1 Å². The zero-order chi connectivity index (χ0) is 18.8. The minimum atomic E-state index is -3.12. The number of aryl methyl sites for hydroxylation is 2. The Balaban J connectivity index is 2.06. The molecule has 1 aliphatic heterocycles. The summed E-state index contributed by atoms with van der Waals surface area (Å²) < 4.78 is 33.5. The number of aromatic nitrogens is 1. The van der Waals surface area contributed by atoms with Crippen molar-refractivity contribution in [3.8, 4) is 0 Å². The van der Waals surface area contributed by atoms with Crippen molar-refractivity contribution in [3.63, 3.8) is 0 Å². The molecule has 2 rings (SSSR count). The second-order valence-electron chi connectivity index (χ2n) is 6.39. The lowest BCUT2D eigenvalue weighted by atomic mass is 10.1. The van der Waals surface area contributed by atoms with Gasteiger partial charge in [-0.3, -0.25) is 4.79 Å². The molecule has 0 saturated carbocycles. The second kappa shape index (κ2) is 7.55. The standard InChI is InChI=1S/C16H24N2O6S/c1-5-10(2)18(13-6-7-25(21,22)9-13)14(19)8-23-16(20)15-11(3)17-24-12(15)4/h10,13H,5-9H2,1-4H3/t10-,13+/m0/s1. The van der Waals surface area contributed by atoms with Gasteiger partial charge in [-0.15, -0.1) is 0 Å². The van der Waals surface area contributed by atoms with E-state index in [9.17, 15) is 18.0 Å². The van der Waals surface area contributed by atoms with E-state index in [1.165, 1.54) is 0 Å². The maximum absolute atomic E-state index is 12.6. The third kappa shape index (κ3) is 4.39. The lowest BCUT2D eigenvalue weighted by molar-refractivity contribution is -0.138. The number of hydrogen-bond acceptors (Lipinski definition) is 7. The molecule has 1 amide bonds. The molecule has 0 aliphatic carbocycles. The third-order valence-electron chi connectivity index (χ3n) is 4.52. The first-order valence-corrected chi connectivity index (χ1v) is 10.1. The summed E-state index contributed by atoms with van der Waals surface area (Å²) in [6.07, 6.45) is 1.09. The van der Waals surface area contributed by atoms with Gasteiger partial charge in [-0.05, 0) is 33.6 Å². The highest BCUT2D eigenvalue weighted by Gasteiger charge is 2.37. The number of ether oxygens (including phenoxy) is 1. The average molecular weight is 372 g/mol. The molecule has 0 spiro atoms. The second-order valence-corrected chi connectivity index (χ2v) is 8.62. The first-order chi connectivity index (χ1) is 11.7. The molecule has 1 saturated heterocycles. The summed E-state index contributed by atoms with van der Waals surface area (Å²) in [4.78, 5) is 26.3. The molecular formula is C16H24N2O6S. The summed E-state index contributed by atoms with van der Waals surface area (Å²) in [6, 6.07) is -0.506. The molecule has 25 heavy (non-hydrogen) atoms. The first kappa shape index (κ1) is 19.4. The van der Waals surface area contributed by atoms with Gasteiger partial charge >= 0.3 is 5.97 Å². The zero-order valence-corrected chi connectivity index (χ0v) is 15.8. The van der Waals surface area contributed by atoms with Crippen LogP contribution < -0.4 is 0 Å². The Morgan fingerprint density at radius 1 is 1.40 bits per heavy atom. The number of amides is 1. The SMILES string of the molecule is CC[C@H](C)N(C(=O)COC(=O)c1c(C)noc1C)[C@@H]1CCS(=O)(=O)C1. The molecule has 2 heterocycles. The van der Waals surface area contributed by atoms with Gasteiger partial charge in [0.15, 0.2) is 16.4 Å². The number of hydrogen-bond donors (Lipinski definition) is 0. The fraction of sp³-hybridized carbons (Fsp3) is 0.688. The molecule has 0 bridgehead atoms. The molecule has 0 radical (unpaired) electrons. The van der Waals surface area contributed by atoms with Crippen LogP contribution in [0.2, 0.25) is 0 Å². The molecule has 8 nitrogen and oxygen atoms in total. The Hall–Kier alpha value is -1.90. The van der Waals surface area contributed by atoms with Gasteiger partial charge in [-0.1, -0.05) is 12.1 Å². The molecule has 1 aliphatic rings. The Labute approximate surface area is 147 Å². The number of carbonyl (C=O) groups is 2.